The molecule has 0 aromatic heterocycles. The first-order valence-electron chi connectivity index (χ1n) is 7.29. The lowest BCUT2D eigenvalue weighted by atomic mass is 9.93. The molecule has 3 aromatic carbocycles. The minimum absolute atomic E-state index is 1.26. The Morgan fingerprint density at radius 3 is 1.86 bits per heavy atom. The van der Waals surface area contributed by atoms with Gasteiger partial charge in [0.25, 0.3) is 0 Å². The number of para-hydroxylation sites is 2. The third-order valence-corrected chi connectivity index (χ3v) is 4.29. The Hall–Kier alpha value is -2.54. The molecule has 21 heavy (non-hydrogen) atoms. The topological polar surface area (TPSA) is 3.24 Å². The van der Waals surface area contributed by atoms with Crippen molar-refractivity contribution in [3.63, 3.8) is 0 Å². The molecule has 0 atom stereocenters. The van der Waals surface area contributed by atoms with Gasteiger partial charge in [-0.05, 0) is 30.2 Å². The highest BCUT2D eigenvalue weighted by atomic mass is 15.1. The number of fused-ring (bicyclic) bond motifs is 5. The fourth-order valence-corrected chi connectivity index (χ4v) is 3.23. The van der Waals surface area contributed by atoms with Gasteiger partial charge in [-0.25, -0.2) is 0 Å². The molecule has 0 radical (unpaired) electrons. The van der Waals surface area contributed by atoms with Gasteiger partial charge in [-0.15, -0.1) is 0 Å². The summed E-state index contributed by atoms with van der Waals surface area (Å²) in [7, 11) is 2.15. The zero-order valence-electron chi connectivity index (χ0n) is 12.3. The molecule has 1 heteroatoms. The molecule has 0 bridgehead atoms. The van der Waals surface area contributed by atoms with Crippen molar-refractivity contribution in [1.29, 1.82) is 0 Å². The summed E-state index contributed by atoms with van der Waals surface area (Å²) in [6, 6.07) is 24.0. The Kier molecular flexibility index (Phi) is 2.61. The van der Waals surface area contributed by atoms with Crippen LogP contribution in [0.3, 0.4) is 0 Å². The molecule has 0 unspecified atom stereocenters. The zero-order chi connectivity index (χ0) is 14.4. The van der Waals surface area contributed by atoms with E-state index in [1.165, 1.54) is 39.2 Å². The second-order valence-electron chi connectivity index (χ2n) is 5.64. The lowest BCUT2D eigenvalue weighted by Gasteiger charge is -2.21. The number of nitrogens with zero attached hydrogens (tertiary/aromatic N) is 1. The van der Waals surface area contributed by atoms with Crippen LogP contribution in [0.2, 0.25) is 0 Å². The van der Waals surface area contributed by atoms with Crippen LogP contribution in [0.4, 0.5) is 11.4 Å². The second-order valence-corrected chi connectivity index (χ2v) is 5.64. The van der Waals surface area contributed by atoms with Gasteiger partial charge in [-0.1, -0.05) is 60.2 Å². The summed E-state index contributed by atoms with van der Waals surface area (Å²) in [5, 5.41) is 0. The van der Waals surface area contributed by atoms with Crippen molar-refractivity contribution in [3.05, 3.63) is 72.3 Å². The van der Waals surface area contributed by atoms with Crippen LogP contribution in [-0.4, -0.2) is 7.05 Å². The van der Waals surface area contributed by atoms with Gasteiger partial charge in [-0.3, -0.25) is 0 Å². The van der Waals surface area contributed by atoms with Gasteiger partial charge >= 0.3 is 0 Å². The van der Waals surface area contributed by atoms with Gasteiger partial charge in [0.1, 0.15) is 0 Å². The minimum atomic E-state index is 1.26. The molecular weight excluding hydrogens is 254 g/mol. The van der Waals surface area contributed by atoms with Crippen LogP contribution >= 0.6 is 0 Å². The second kappa shape index (κ2) is 4.49. The van der Waals surface area contributed by atoms with Crippen molar-refractivity contribution in [3.8, 4) is 22.3 Å². The van der Waals surface area contributed by atoms with Gasteiger partial charge in [0.05, 0.1) is 0 Å². The van der Waals surface area contributed by atoms with Crippen LogP contribution in [0.1, 0.15) is 5.56 Å². The number of benzene rings is 3. The van der Waals surface area contributed by atoms with Crippen molar-refractivity contribution in [2.75, 3.05) is 11.9 Å². The van der Waals surface area contributed by atoms with Crippen LogP contribution in [0.15, 0.2) is 66.7 Å². The highest BCUT2D eigenvalue weighted by Gasteiger charge is 2.21. The minimum Gasteiger partial charge on any atom is -0.344 e. The summed E-state index contributed by atoms with van der Waals surface area (Å²) in [4.78, 5) is 2.29. The molecule has 102 valence electrons. The number of aryl methyl sites for hydroxylation is 1. The van der Waals surface area contributed by atoms with E-state index in [0.717, 1.165) is 0 Å². The molecule has 0 fully saturated rings. The number of anilines is 2. The average Bonchev–Trinajstić information content (AvgIpc) is 2.63. The Morgan fingerprint density at radius 2 is 1.19 bits per heavy atom. The van der Waals surface area contributed by atoms with E-state index in [2.05, 4.69) is 85.6 Å². The van der Waals surface area contributed by atoms with E-state index >= 15 is 0 Å². The summed E-state index contributed by atoms with van der Waals surface area (Å²) >= 11 is 0. The SMILES string of the molecule is Cc1ccc2c(c1)-c1ccccc1N(C)c1ccccc1-2. The first-order valence-corrected chi connectivity index (χ1v) is 7.29. The molecule has 1 aliphatic heterocycles. The van der Waals surface area contributed by atoms with Crippen molar-refractivity contribution in [1.82, 2.24) is 0 Å². The van der Waals surface area contributed by atoms with Crippen LogP contribution in [0, 0.1) is 6.92 Å². The maximum absolute atomic E-state index is 2.30. The maximum atomic E-state index is 2.30. The van der Waals surface area contributed by atoms with Gasteiger partial charge in [0, 0.05) is 29.5 Å². The predicted octanol–water partition coefficient (Wildman–Crippen LogP) is 5.41. The molecule has 1 aliphatic rings. The fourth-order valence-electron chi connectivity index (χ4n) is 3.23. The lowest BCUT2D eigenvalue weighted by molar-refractivity contribution is 1.22. The van der Waals surface area contributed by atoms with E-state index in [1.54, 1.807) is 0 Å². The maximum Gasteiger partial charge on any atom is 0.0488 e. The Balaban J connectivity index is 2.17. The number of hydrogen-bond donors (Lipinski definition) is 0. The third kappa shape index (κ3) is 1.78. The predicted molar refractivity (Wildman–Crippen MR) is 90.1 cm³/mol. The normalized spacial score (nSPS) is 12.2. The molecule has 0 aliphatic carbocycles. The molecule has 4 rings (SSSR count). The molecule has 0 N–H and O–H groups in total. The largest absolute Gasteiger partial charge is 0.344 e. The van der Waals surface area contributed by atoms with Crippen LogP contribution in [0.25, 0.3) is 22.3 Å². The van der Waals surface area contributed by atoms with E-state index in [9.17, 15) is 0 Å². The number of hydrogen-bond acceptors (Lipinski definition) is 1. The van der Waals surface area contributed by atoms with Crippen LogP contribution in [0.5, 0.6) is 0 Å². The summed E-state index contributed by atoms with van der Waals surface area (Å²) in [5.74, 6) is 0. The van der Waals surface area contributed by atoms with Gasteiger partial charge < -0.3 is 4.90 Å². The van der Waals surface area contributed by atoms with E-state index in [-0.39, 0.29) is 0 Å². The highest BCUT2D eigenvalue weighted by Crippen LogP contribution is 2.46. The first-order chi connectivity index (χ1) is 10.3. The van der Waals surface area contributed by atoms with Crippen molar-refractivity contribution in [2.24, 2.45) is 0 Å². The van der Waals surface area contributed by atoms with Crippen LogP contribution in [-0.2, 0) is 0 Å². The Labute approximate surface area is 125 Å². The summed E-state index contributed by atoms with van der Waals surface area (Å²) in [6.07, 6.45) is 0. The molecule has 1 nitrogen and oxygen atoms in total. The fraction of sp³-hybridized carbons (Fsp3) is 0.100. The molecule has 3 aromatic rings. The quantitative estimate of drug-likeness (QED) is 0.528. The monoisotopic (exact) mass is 271 g/mol. The summed E-state index contributed by atoms with van der Waals surface area (Å²) in [6.45, 7) is 2.16. The van der Waals surface area contributed by atoms with Crippen molar-refractivity contribution in [2.45, 2.75) is 6.92 Å². The summed E-state index contributed by atoms with van der Waals surface area (Å²) in [5.41, 5.74) is 9.05. The Morgan fingerprint density at radius 1 is 0.619 bits per heavy atom. The third-order valence-electron chi connectivity index (χ3n) is 4.29. The summed E-state index contributed by atoms with van der Waals surface area (Å²) < 4.78 is 0. The highest BCUT2D eigenvalue weighted by molar-refractivity contribution is 5.99. The first kappa shape index (κ1) is 12.2. The lowest BCUT2D eigenvalue weighted by Crippen LogP contribution is -2.09. The van der Waals surface area contributed by atoms with Gasteiger partial charge in [0.2, 0.25) is 0 Å². The smallest absolute Gasteiger partial charge is 0.0488 e. The van der Waals surface area contributed by atoms with E-state index in [4.69, 9.17) is 0 Å². The van der Waals surface area contributed by atoms with Gasteiger partial charge in [0.15, 0.2) is 0 Å². The molecule has 0 spiro atoms. The van der Waals surface area contributed by atoms with Crippen molar-refractivity contribution >= 4 is 11.4 Å². The van der Waals surface area contributed by atoms with Crippen molar-refractivity contribution < 1.29 is 0 Å². The van der Waals surface area contributed by atoms with Gasteiger partial charge in [-0.2, -0.15) is 0 Å². The van der Waals surface area contributed by atoms with E-state index in [0.29, 0.717) is 0 Å². The number of rotatable bonds is 0. The van der Waals surface area contributed by atoms with E-state index < -0.39 is 0 Å². The standard InChI is InChI=1S/C20H17N/c1-14-11-12-15-16-7-3-5-9-19(16)21(2)20-10-6-4-8-17(20)18(15)13-14/h3-13H,1-2H3. The molecule has 1 heterocycles. The average molecular weight is 271 g/mol. The van der Waals surface area contributed by atoms with Crippen LogP contribution < -0.4 is 4.90 Å². The molecule has 0 saturated carbocycles. The molecular formula is C20H17N. The molecule has 0 amide bonds. The van der Waals surface area contributed by atoms with E-state index in [1.807, 2.05) is 0 Å². The molecule has 0 saturated heterocycles. The zero-order valence-corrected chi connectivity index (χ0v) is 12.3. The Bertz CT molecular complexity index is 833.